The van der Waals surface area contributed by atoms with E-state index in [4.69, 9.17) is 16.3 Å². The zero-order valence-corrected chi connectivity index (χ0v) is 9.60. The molecule has 1 atom stereocenters. The Kier molecular flexibility index (Phi) is 2.27. The summed E-state index contributed by atoms with van der Waals surface area (Å²) in [6.45, 7) is 0.814. The molecule has 2 aliphatic rings. The monoisotopic (exact) mass is 256 g/mol. The van der Waals surface area contributed by atoms with Crippen LogP contribution in [0.25, 0.3) is 0 Å². The van der Waals surface area contributed by atoms with Gasteiger partial charge in [-0.1, -0.05) is 11.6 Å². The maximum atomic E-state index is 13.4. The highest BCUT2D eigenvalue weighted by Crippen LogP contribution is 2.37. The smallest absolute Gasteiger partial charge is 0.252 e. The van der Waals surface area contributed by atoms with E-state index in [0.717, 1.165) is 0 Å². The number of hydrogen-bond donors (Lipinski definition) is 2. The van der Waals surface area contributed by atoms with E-state index in [9.17, 15) is 9.18 Å². The number of ether oxygens (including phenoxy) is 1. The maximum Gasteiger partial charge on any atom is 0.252 e. The lowest BCUT2D eigenvalue weighted by Gasteiger charge is -2.34. The van der Waals surface area contributed by atoms with Crippen molar-refractivity contribution in [1.82, 2.24) is 0 Å². The third-order valence-electron chi connectivity index (χ3n) is 3.14. The van der Waals surface area contributed by atoms with Gasteiger partial charge in [-0.25, -0.2) is 4.39 Å². The summed E-state index contributed by atoms with van der Waals surface area (Å²) >= 11 is 5.67. The van der Waals surface area contributed by atoms with Crippen molar-refractivity contribution in [2.45, 2.75) is 12.0 Å². The first kappa shape index (κ1) is 10.8. The van der Waals surface area contributed by atoms with Crippen molar-refractivity contribution in [3.05, 3.63) is 23.0 Å². The van der Waals surface area contributed by atoms with E-state index in [1.807, 2.05) is 0 Å². The fourth-order valence-electron chi connectivity index (χ4n) is 2.15. The summed E-state index contributed by atoms with van der Waals surface area (Å²) in [5.41, 5.74) is 0.267. The van der Waals surface area contributed by atoms with E-state index in [1.165, 1.54) is 12.1 Å². The Bertz CT molecular complexity index is 500. The Hall–Kier alpha value is -1.33. The standard InChI is InChI=1S/C11H10ClFN2O2/c12-6-3-8-9(4-7(6)13)15-11(10(16)14-8)1-2-17-5-11/h3-4,15H,1-2,5H2,(H,14,16). The lowest BCUT2D eigenvalue weighted by Crippen LogP contribution is -2.53. The molecule has 3 rings (SSSR count). The Morgan fingerprint density at radius 2 is 2.24 bits per heavy atom. The van der Waals surface area contributed by atoms with Crippen LogP contribution in [0.5, 0.6) is 0 Å². The van der Waals surface area contributed by atoms with E-state index in [0.29, 0.717) is 31.0 Å². The summed E-state index contributed by atoms with van der Waals surface area (Å²) in [6, 6.07) is 2.69. The molecule has 4 nitrogen and oxygen atoms in total. The Labute approximate surface area is 102 Å². The second-order valence-corrected chi connectivity index (χ2v) is 4.68. The van der Waals surface area contributed by atoms with Crippen LogP contribution in [0.3, 0.4) is 0 Å². The first-order valence-corrected chi connectivity index (χ1v) is 5.65. The molecule has 1 fully saturated rings. The molecule has 0 radical (unpaired) electrons. The second-order valence-electron chi connectivity index (χ2n) is 4.28. The highest BCUT2D eigenvalue weighted by Gasteiger charge is 2.45. The molecule has 1 amide bonds. The number of carbonyl (C=O) groups excluding carboxylic acids is 1. The van der Waals surface area contributed by atoms with Crippen molar-refractivity contribution in [3.8, 4) is 0 Å². The number of halogens is 2. The fraction of sp³-hybridized carbons (Fsp3) is 0.364. The maximum absolute atomic E-state index is 13.4. The highest BCUT2D eigenvalue weighted by atomic mass is 35.5. The van der Waals surface area contributed by atoms with E-state index < -0.39 is 11.4 Å². The van der Waals surface area contributed by atoms with Gasteiger partial charge >= 0.3 is 0 Å². The zero-order valence-electron chi connectivity index (χ0n) is 8.85. The van der Waals surface area contributed by atoms with Crippen LogP contribution >= 0.6 is 11.6 Å². The van der Waals surface area contributed by atoms with Gasteiger partial charge in [-0.05, 0) is 6.07 Å². The molecule has 0 aliphatic carbocycles. The van der Waals surface area contributed by atoms with E-state index >= 15 is 0 Å². The van der Waals surface area contributed by atoms with Crippen LogP contribution in [0.15, 0.2) is 12.1 Å². The van der Waals surface area contributed by atoms with Gasteiger partial charge < -0.3 is 15.4 Å². The van der Waals surface area contributed by atoms with Crippen LogP contribution in [0.2, 0.25) is 5.02 Å². The van der Waals surface area contributed by atoms with E-state index in [2.05, 4.69) is 10.6 Å². The fourth-order valence-corrected chi connectivity index (χ4v) is 2.32. The molecule has 2 N–H and O–H groups in total. The van der Waals surface area contributed by atoms with Crippen LogP contribution in [-0.4, -0.2) is 24.7 Å². The molecule has 1 aromatic rings. The molecule has 90 valence electrons. The minimum atomic E-state index is -0.771. The van der Waals surface area contributed by atoms with E-state index in [1.54, 1.807) is 0 Å². The molecule has 17 heavy (non-hydrogen) atoms. The molecule has 0 bridgehead atoms. The third-order valence-corrected chi connectivity index (χ3v) is 3.43. The number of rotatable bonds is 0. The third kappa shape index (κ3) is 1.57. The second kappa shape index (κ2) is 3.58. The van der Waals surface area contributed by atoms with Crippen molar-refractivity contribution in [3.63, 3.8) is 0 Å². The molecule has 1 unspecified atom stereocenters. The van der Waals surface area contributed by atoms with Gasteiger partial charge in [-0.15, -0.1) is 0 Å². The van der Waals surface area contributed by atoms with Crippen LogP contribution in [0.1, 0.15) is 6.42 Å². The van der Waals surface area contributed by atoms with Crippen LogP contribution in [-0.2, 0) is 9.53 Å². The van der Waals surface area contributed by atoms with Gasteiger partial charge in [0.25, 0.3) is 5.91 Å². The average molecular weight is 257 g/mol. The molecule has 0 aromatic heterocycles. The average Bonchev–Trinajstić information content (AvgIpc) is 2.73. The van der Waals surface area contributed by atoms with E-state index in [-0.39, 0.29) is 10.9 Å². The van der Waals surface area contributed by atoms with Gasteiger partial charge in [0.1, 0.15) is 11.4 Å². The lowest BCUT2D eigenvalue weighted by molar-refractivity contribution is -0.120. The summed E-state index contributed by atoms with van der Waals surface area (Å²) in [6.07, 6.45) is 0.572. The van der Waals surface area contributed by atoms with Gasteiger partial charge in [-0.3, -0.25) is 4.79 Å². The van der Waals surface area contributed by atoms with Crippen molar-refractivity contribution < 1.29 is 13.9 Å². The number of nitrogens with one attached hydrogen (secondary N) is 2. The number of amides is 1. The van der Waals surface area contributed by atoms with Gasteiger partial charge in [0.05, 0.1) is 23.0 Å². The molecular formula is C11H10ClFN2O2. The summed E-state index contributed by atoms with van der Waals surface area (Å²) < 4.78 is 18.6. The summed E-state index contributed by atoms with van der Waals surface area (Å²) in [5, 5.41) is 5.77. The van der Waals surface area contributed by atoms with Crippen LogP contribution in [0, 0.1) is 5.82 Å². The molecule has 2 heterocycles. The van der Waals surface area contributed by atoms with Gasteiger partial charge in [0, 0.05) is 19.1 Å². The number of carbonyl (C=O) groups is 1. The normalized spacial score (nSPS) is 26.6. The van der Waals surface area contributed by atoms with Crippen LogP contribution in [0.4, 0.5) is 15.8 Å². The molecule has 1 aromatic carbocycles. The Morgan fingerprint density at radius 1 is 1.41 bits per heavy atom. The quantitative estimate of drug-likeness (QED) is 0.747. The molecular weight excluding hydrogens is 247 g/mol. The highest BCUT2D eigenvalue weighted by molar-refractivity contribution is 6.31. The predicted octanol–water partition coefficient (Wildman–Crippen LogP) is 2.00. The molecule has 0 saturated carbocycles. The molecule has 1 saturated heterocycles. The molecule has 2 aliphatic heterocycles. The predicted molar refractivity (Wildman–Crippen MR) is 61.8 cm³/mol. The Morgan fingerprint density at radius 3 is 2.94 bits per heavy atom. The SMILES string of the molecule is O=C1Nc2cc(Cl)c(F)cc2NC12CCOC2. The van der Waals surface area contributed by atoms with Crippen LogP contribution < -0.4 is 10.6 Å². The topological polar surface area (TPSA) is 50.4 Å². The van der Waals surface area contributed by atoms with Crippen molar-refractivity contribution >= 4 is 28.9 Å². The summed E-state index contributed by atoms with van der Waals surface area (Å²) in [7, 11) is 0. The minimum Gasteiger partial charge on any atom is -0.378 e. The zero-order chi connectivity index (χ0) is 12.0. The number of benzene rings is 1. The number of fused-ring (bicyclic) bond motifs is 1. The lowest BCUT2D eigenvalue weighted by atomic mass is 9.94. The first-order chi connectivity index (χ1) is 8.11. The van der Waals surface area contributed by atoms with Gasteiger partial charge in [0.2, 0.25) is 0 Å². The van der Waals surface area contributed by atoms with Crippen molar-refractivity contribution in [1.29, 1.82) is 0 Å². The minimum absolute atomic E-state index is 0.00975. The molecule has 6 heteroatoms. The summed E-state index contributed by atoms with van der Waals surface area (Å²) in [4.78, 5) is 12.0. The number of hydrogen-bond acceptors (Lipinski definition) is 3. The Balaban J connectivity index is 2.04. The first-order valence-electron chi connectivity index (χ1n) is 5.27. The number of anilines is 2. The largest absolute Gasteiger partial charge is 0.378 e. The summed E-state index contributed by atoms with van der Waals surface area (Å²) in [5.74, 6) is -0.673. The van der Waals surface area contributed by atoms with Crippen molar-refractivity contribution in [2.24, 2.45) is 0 Å². The molecule has 1 spiro atoms. The van der Waals surface area contributed by atoms with Gasteiger partial charge in [0.15, 0.2) is 0 Å². The van der Waals surface area contributed by atoms with Gasteiger partial charge in [-0.2, -0.15) is 0 Å². The van der Waals surface area contributed by atoms with Crippen molar-refractivity contribution in [2.75, 3.05) is 23.8 Å².